The molecule has 1 aliphatic heterocycles. The molecule has 0 radical (unpaired) electrons. The Kier molecular flexibility index (Phi) is 8.85. The van der Waals surface area contributed by atoms with Gasteiger partial charge in [-0.25, -0.2) is 0 Å². The van der Waals surface area contributed by atoms with Crippen LogP contribution in [0.2, 0.25) is 0 Å². The van der Waals surface area contributed by atoms with Crippen LogP contribution in [0, 0.1) is 0 Å². The number of carbonyl (C=O) groups is 2. The third-order valence-corrected chi connectivity index (χ3v) is 5.60. The van der Waals surface area contributed by atoms with Crippen molar-refractivity contribution in [3.8, 4) is 11.5 Å². The molecule has 1 aliphatic rings. The van der Waals surface area contributed by atoms with Gasteiger partial charge in [-0.2, -0.15) is 0 Å². The molecule has 36 heavy (non-hydrogen) atoms. The number of morpholine rings is 1. The van der Waals surface area contributed by atoms with Crippen molar-refractivity contribution in [3.05, 3.63) is 90.0 Å². The molecule has 9 heteroatoms. The molecule has 2 amide bonds. The normalized spacial score (nSPS) is 12.9. The van der Waals surface area contributed by atoms with Crippen LogP contribution in [0.4, 0.5) is 5.69 Å². The van der Waals surface area contributed by atoms with Crippen LogP contribution in [0.1, 0.15) is 20.7 Å². The number of carbonyl (C=O) groups excluding carboxylic acids is 2. The zero-order valence-electron chi connectivity index (χ0n) is 19.6. The first kappa shape index (κ1) is 25.2. The number of rotatable bonds is 8. The van der Waals surface area contributed by atoms with E-state index in [0.29, 0.717) is 62.1 Å². The minimum absolute atomic E-state index is 0.0307. The van der Waals surface area contributed by atoms with Crippen molar-refractivity contribution in [1.82, 2.24) is 10.2 Å². The van der Waals surface area contributed by atoms with E-state index in [9.17, 15) is 9.59 Å². The van der Waals surface area contributed by atoms with Gasteiger partial charge in [-0.3, -0.25) is 14.9 Å². The monoisotopic (exact) mass is 505 g/mol. The second-order valence-corrected chi connectivity index (χ2v) is 8.33. The Morgan fingerprint density at radius 2 is 1.39 bits per heavy atom. The van der Waals surface area contributed by atoms with Gasteiger partial charge in [-0.15, -0.1) is 0 Å². The van der Waals surface area contributed by atoms with Crippen molar-refractivity contribution in [2.75, 3.05) is 44.8 Å². The second-order valence-electron chi connectivity index (χ2n) is 7.92. The van der Waals surface area contributed by atoms with Crippen LogP contribution < -0.4 is 20.1 Å². The Hall–Kier alpha value is -3.95. The van der Waals surface area contributed by atoms with Crippen molar-refractivity contribution in [1.29, 1.82) is 0 Å². The summed E-state index contributed by atoms with van der Waals surface area (Å²) in [5.41, 5.74) is 1.70. The molecule has 2 N–H and O–H groups in total. The first-order valence-corrected chi connectivity index (χ1v) is 12.0. The van der Waals surface area contributed by atoms with Crippen LogP contribution in [0.15, 0.2) is 78.9 Å². The molecule has 4 rings (SSSR count). The lowest BCUT2D eigenvalue weighted by atomic mass is 10.1. The molecule has 8 nitrogen and oxygen atoms in total. The smallest absolute Gasteiger partial charge is 0.257 e. The van der Waals surface area contributed by atoms with E-state index in [2.05, 4.69) is 10.6 Å². The van der Waals surface area contributed by atoms with Gasteiger partial charge in [0.1, 0.15) is 24.7 Å². The molecule has 1 fully saturated rings. The molecule has 0 aliphatic carbocycles. The van der Waals surface area contributed by atoms with Gasteiger partial charge in [0, 0.05) is 29.9 Å². The standard InChI is InChI=1S/C27H27N3O5S/c31-25(20-8-12-24(13-9-20)35-19-18-34-23-4-2-1-3-5-23)29-27(36)28-22-10-6-21(7-11-22)26(32)30-14-16-33-17-15-30/h1-13H,14-19H2,(H2,28,29,31,36). The molecule has 0 unspecified atom stereocenters. The molecular weight excluding hydrogens is 478 g/mol. The van der Waals surface area contributed by atoms with E-state index in [1.165, 1.54) is 0 Å². The maximum atomic E-state index is 12.5. The van der Waals surface area contributed by atoms with Crippen LogP contribution in [0.3, 0.4) is 0 Å². The van der Waals surface area contributed by atoms with Gasteiger partial charge < -0.3 is 24.4 Å². The average molecular weight is 506 g/mol. The van der Waals surface area contributed by atoms with Gasteiger partial charge in [0.2, 0.25) is 0 Å². The number of anilines is 1. The maximum absolute atomic E-state index is 12.5. The first-order valence-electron chi connectivity index (χ1n) is 11.6. The van der Waals surface area contributed by atoms with Crippen LogP contribution >= 0.6 is 12.2 Å². The fraction of sp³-hybridized carbons (Fsp3) is 0.222. The Morgan fingerprint density at radius 1 is 0.806 bits per heavy atom. The van der Waals surface area contributed by atoms with E-state index in [-0.39, 0.29) is 16.9 Å². The van der Waals surface area contributed by atoms with Crippen LogP contribution in [-0.4, -0.2) is 61.3 Å². The third kappa shape index (κ3) is 7.27. The summed E-state index contributed by atoms with van der Waals surface area (Å²) in [5, 5.41) is 5.78. The minimum atomic E-state index is -0.342. The van der Waals surface area contributed by atoms with Crippen molar-refractivity contribution >= 4 is 34.8 Å². The van der Waals surface area contributed by atoms with Gasteiger partial charge in [-0.05, 0) is 72.9 Å². The molecule has 0 spiro atoms. The molecule has 0 atom stereocenters. The number of benzene rings is 3. The number of nitrogens with zero attached hydrogens (tertiary/aromatic N) is 1. The highest BCUT2D eigenvalue weighted by molar-refractivity contribution is 7.80. The topological polar surface area (TPSA) is 89.1 Å². The van der Waals surface area contributed by atoms with Crippen molar-refractivity contribution in [2.45, 2.75) is 0 Å². The predicted molar refractivity (Wildman–Crippen MR) is 141 cm³/mol. The van der Waals surface area contributed by atoms with Gasteiger partial charge in [0.05, 0.1) is 13.2 Å². The Bertz CT molecular complexity index is 1160. The van der Waals surface area contributed by atoms with Crippen molar-refractivity contribution < 1.29 is 23.8 Å². The molecule has 1 saturated heterocycles. The van der Waals surface area contributed by atoms with Gasteiger partial charge in [0.15, 0.2) is 5.11 Å². The maximum Gasteiger partial charge on any atom is 0.257 e. The molecule has 3 aromatic carbocycles. The number of ether oxygens (including phenoxy) is 3. The Morgan fingerprint density at radius 3 is 2.03 bits per heavy atom. The summed E-state index contributed by atoms with van der Waals surface area (Å²) in [7, 11) is 0. The molecule has 186 valence electrons. The molecule has 1 heterocycles. The van der Waals surface area contributed by atoms with E-state index in [0.717, 1.165) is 5.75 Å². The summed E-state index contributed by atoms with van der Waals surface area (Å²) in [6, 6.07) is 23.2. The molecule has 0 bridgehead atoms. The Labute approximate surface area is 215 Å². The molecular formula is C27H27N3O5S. The zero-order chi connectivity index (χ0) is 25.2. The fourth-order valence-corrected chi connectivity index (χ4v) is 3.73. The summed E-state index contributed by atoms with van der Waals surface area (Å²) in [6.07, 6.45) is 0. The van der Waals surface area contributed by atoms with Crippen LogP contribution in [0.5, 0.6) is 11.5 Å². The summed E-state index contributed by atoms with van der Waals surface area (Å²) < 4.78 is 16.5. The Balaban J connectivity index is 1.20. The molecule has 3 aromatic rings. The third-order valence-electron chi connectivity index (χ3n) is 5.40. The average Bonchev–Trinajstić information content (AvgIpc) is 2.92. The summed E-state index contributed by atoms with van der Waals surface area (Å²) >= 11 is 5.27. The zero-order valence-corrected chi connectivity index (χ0v) is 20.5. The second kappa shape index (κ2) is 12.7. The van der Waals surface area contributed by atoms with Crippen molar-refractivity contribution in [3.63, 3.8) is 0 Å². The number of nitrogens with one attached hydrogen (secondary N) is 2. The number of hydrogen-bond donors (Lipinski definition) is 2. The lowest BCUT2D eigenvalue weighted by Crippen LogP contribution is -2.40. The van der Waals surface area contributed by atoms with E-state index in [4.69, 9.17) is 26.4 Å². The number of amides is 2. The van der Waals surface area contributed by atoms with Crippen LogP contribution in [-0.2, 0) is 4.74 Å². The van der Waals surface area contributed by atoms with Gasteiger partial charge in [-0.1, -0.05) is 18.2 Å². The van der Waals surface area contributed by atoms with Gasteiger partial charge >= 0.3 is 0 Å². The minimum Gasteiger partial charge on any atom is -0.490 e. The lowest BCUT2D eigenvalue weighted by molar-refractivity contribution is 0.0303. The highest BCUT2D eigenvalue weighted by atomic mass is 32.1. The van der Waals surface area contributed by atoms with Crippen LogP contribution in [0.25, 0.3) is 0 Å². The van der Waals surface area contributed by atoms with Crippen molar-refractivity contribution in [2.24, 2.45) is 0 Å². The highest BCUT2D eigenvalue weighted by Crippen LogP contribution is 2.15. The van der Waals surface area contributed by atoms with E-state index >= 15 is 0 Å². The summed E-state index contributed by atoms with van der Waals surface area (Å²) in [4.78, 5) is 26.8. The van der Waals surface area contributed by atoms with Gasteiger partial charge in [0.25, 0.3) is 11.8 Å². The molecule has 0 saturated carbocycles. The van der Waals surface area contributed by atoms with E-state index < -0.39 is 0 Å². The predicted octanol–water partition coefficient (Wildman–Crippen LogP) is 3.74. The quantitative estimate of drug-likeness (QED) is 0.356. The molecule has 0 aromatic heterocycles. The van der Waals surface area contributed by atoms with E-state index in [1.807, 2.05) is 30.3 Å². The van der Waals surface area contributed by atoms with E-state index in [1.54, 1.807) is 53.4 Å². The lowest BCUT2D eigenvalue weighted by Gasteiger charge is -2.26. The SMILES string of the molecule is O=C(NC(=S)Nc1ccc(C(=O)N2CCOCC2)cc1)c1ccc(OCCOc2ccccc2)cc1. The number of thiocarbonyl (C=S) groups is 1. The fourth-order valence-electron chi connectivity index (χ4n) is 3.52. The number of hydrogen-bond acceptors (Lipinski definition) is 6. The largest absolute Gasteiger partial charge is 0.490 e. The number of para-hydroxylation sites is 1. The summed E-state index contributed by atoms with van der Waals surface area (Å²) in [5.74, 6) is 1.05. The highest BCUT2D eigenvalue weighted by Gasteiger charge is 2.18. The summed E-state index contributed by atoms with van der Waals surface area (Å²) in [6.45, 7) is 3.08. The first-order chi connectivity index (χ1) is 17.6.